The first-order valence-corrected chi connectivity index (χ1v) is 11.9. The van der Waals surface area contributed by atoms with Crippen LogP contribution in [0.25, 0.3) is 11.0 Å². The van der Waals surface area contributed by atoms with Gasteiger partial charge < -0.3 is 20.3 Å². The Bertz CT molecular complexity index is 1150. The van der Waals surface area contributed by atoms with Crippen LogP contribution in [0.15, 0.2) is 48.9 Å². The van der Waals surface area contributed by atoms with E-state index in [1.54, 1.807) is 18.5 Å². The van der Waals surface area contributed by atoms with Crippen LogP contribution in [-0.4, -0.2) is 50.0 Å². The Morgan fingerprint density at radius 3 is 2.76 bits per heavy atom. The average molecular weight is 446 g/mol. The summed E-state index contributed by atoms with van der Waals surface area (Å²) in [5, 5.41) is 14.1. The number of rotatable bonds is 7. The van der Waals surface area contributed by atoms with Gasteiger partial charge in [0.25, 0.3) is 0 Å². The Morgan fingerprint density at radius 2 is 2.00 bits per heavy atom. The summed E-state index contributed by atoms with van der Waals surface area (Å²) in [4.78, 5) is 27.1. The maximum atomic E-state index is 13.0. The van der Waals surface area contributed by atoms with E-state index in [1.807, 2.05) is 23.2 Å². The molecule has 172 valence electrons. The average Bonchev–Trinajstić information content (AvgIpc) is 3.21. The van der Waals surface area contributed by atoms with E-state index in [2.05, 4.69) is 26.8 Å². The molecule has 1 saturated heterocycles. The van der Waals surface area contributed by atoms with Crippen molar-refractivity contribution in [2.45, 2.75) is 51.0 Å². The molecule has 3 N–H and O–H groups in total. The summed E-state index contributed by atoms with van der Waals surface area (Å²) in [5.74, 6) is 1.81. The van der Waals surface area contributed by atoms with Crippen molar-refractivity contribution in [3.8, 4) is 5.75 Å². The molecule has 3 heterocycles. The lowest BCUT2D eigenvalue weighted by molar-refractivity contribution is -0.128. The van der Waals surface area contributed by atoms with Crippen molar-refractivity contribution in [3.63, 3.8) is 0 Å². The van der Waals surface area contributed by atoms with Gasteiger partial charge in [-0.3, -0.25) is 4.79 Å². The number of nitrogens with one attached hydrogen (secondary N) is 2. The first-order chi connectivity index (χ1) is 16.1. The third-order valence-electron chi connectivity index (χ3n) is 6.99. The summed E-state index contributed by atoms with van der Waals surface area (Å²) in [7, 11) is 0. The molecule has 2 fully saturated rings. The molecule has 0 radical (unpaired) electrons. The Balaban J connectivity index is 1.30. The van der Waals surface area contributed by atoms with Crippen molar-refractivity contribution in [1.82, 2.24) is 19.9 Å². The van der Waals surface area contributed by atoms with Crippen LogP contribution >= 0.6 is 0 Å². The molecular formula is C26H31N5O2. The predicted molar refractivity (Wildman–Crippen MR) is 129 cm³/mol. The number of aromatic nitrogens is 3. The monoisotopic (exact) mass is 445 g/mol. The minimum Gasteiger partial charge on any atom is -0.508 e. The summed E-state index contributed by atoms with van der Waals surface area (Å²) in [5.41, 5.74) is 3.74. The molecular weight excluding hydrogens is 414 g/mol. The van der Waals surface area contributed by atoms with E-state index in [9.17, 15) is 9.90 Å². The molecule has 1 aromatic carbocycles. The lowest BCUT2D eigenvalue weighted by Gasteiger charge is -2.35. The van der Waals surface area contributed by atoms with Crippen LogP contribution < -0.4 is 5.32 Å². The fourth-order valence-electron chi connectivity index (χ4n) is 4.94. The minimum atomic E-state index is 0.107. The van der Waals surface area contributed by atoms with Crippen LogP contribution in [0.4, 0.5) is 5.82 Å². The van der Waals surface area contributed by atoms with E-state index in [0.29, 0.717) is 18.9 Å². The quantitative estimate of drug-likeness (QED) is 0.469. The zero-order valence-corrected chi connectivity index (χ0v) is 18.9. The summed E-state index contributed by atoms with van der Waals surface area (Å²) in [6.45, 7) is 5.55. The number of piperidine rings is 1. The van der Waals surface area contributed by atoms with Crippen LogP contribution in [0.3, 0.4) is 0 Å². The molecule has 3 aromatic rings. The van der Waals surface area contributed by atoms with Crippen LogP contribution in [0.1, 0.15) is 49.7 Å². The Morgan fingerprint density at radius 1 is 1.18 bits per heavy atom. The Hall–Kier alpha value is -3.35. The molecule has 1 aliphatic heterocycles. The van der Waals surface area contributed by atoms with Crippen molar-refractivity contribution < 1.29 is 9.90 Å². The van der Waals surface area contributed by atoms with Crippen LogP contribution in [0.2, 0.25) is 0 Å². The van der Waals surface area contributed by atoms with Crippen molar-refractivity contribution in [2.75, 3.05) is 18.4 Å². The Labute approximate surface area is 193 Å². The smallest absolute Gasteiger partial charge is 0.249 e. The van der Waals surface area contributed by atoms with Crippen LogP contribution in [0, 0.1) is 5.92 Å². The number of hydrogen-bond donors (Lipinski definition) is 3. The second-order valence-electron chi connectivity index (χ2n) is 9.44. The maximum Gasteiger partial charge on any atom is 0.249 e. The number of aromatic hydroxyl groups is 1. The highest BCUT2D eigenvalue weighted by molar-refractivity contribution is 5.93. The number of benzene rings is 1. The number of phenolic OH excluding ortho intramolecular Hbond substituents is 1. The number of phenols is 1. The normalized spacial score (nSPS) is 18.8. The van der Waals surface area contributed by atoms with E-state index in [-0.39, 0.29) is 17.7 Å². The highest BCUT2D eigenvalue weighted by Crippen LogP contribution is 2.32. The SMILES string of the molecule is C=C(CC1CCC1)C(=O)N1CCC[C@@H](Nc2ncnc3[nH]cc(Cc4ccc(O)cc4)c23)C1. The Kier molecular flexibility index (Phi) is 6.03. The highest BCUT2D eigenvalue weighted by atomic mass is 16.3. The number of carbonyl (C=O) groups excluding carboxylic acids is 1. The molecule has 33 heavy (non-hydrogen) atoms. The highest BCUT2D eigenvalue weighted by Gasteiger charge is 2.28. The number of aromatic amines is 1. The number of amides is 1. The van der Waals surface area contributed by atoms with Crippen molar-refractivity contribution in [3.05, 3.63) is 60.1 Å². The van der Waals surface area contributed by atoms with Gasteiger partial charge in [0.05, 0.1) is 5.39 Å². The zero-order chi connectivity index (χ0) is 22.8. The second kappa shape index (κ2) is 9.25. The van der Waals surface area contributed by atoms with Gasteiger partial charge in [-0.05, 0) is 54.9 Å². The second-order valence-corrected chi connectivity index (χ2v) is 9.44. The van der Waals surface area contributed by atoms with E-state index >= 15 is 0 Å². The molecule has 0 bridgehead atoms. The molecule has 1 saturated carbocycles. The number of hydrogen-bond acceptors (Lipinski definition) is 5. The van der Waals surface area contributed by atoms with Gasteiger partial charge in [-0.1, -0.05) is 38.0 Å². The lowest BCUT2D eigenvalue weighted by atomic mass is 9.81. The molecule has 7 heteroatoms. The van der Waals surface area contributed by atoms with Gasteiger partial charge in [0.2, 0.25) is 5.91 Å². The van der Waals surface area contributed by atoms with E-state index < -0.39 is 0 Å². The lowest BCUT2D eigenvalue weighted by Crippen LogP contribution is -2.45. The van der Waals surface area contributed by atoms with Gasteiger partial charge in [0.15, 0.2) is 0 Å². The molecule has 0 spiro atoms. The predicted octanol–water partition coefficient (Wildman–Crippen LogP) is 4.40. The molecule has 1 atom stereocenters. The molecule has 5 rings (SSSR count). The summed E-state index contributed by atoms with van der Waals surface area (Å²) in [6, 6.07) is 7.38. The van der Waals surface area contributed by atoms with E-state index in [1.165, 1.54) is 19.3 Å². The number of carbonyl (C=O) groups is 1. The van der Waals surface area contributed by atoms with Crippen molar-refractivity contribution >= 4 is 22.8 Å². The summed E-state index contributed by atoms with van der Waals surface area (Å²) in [6.07, 6.45) is 10.8. The number of likely N-dealkylation sites (tertiary alicyclic amines) is 1. The third kappa shape index (κ3) is 4.72. The summed E-state index contributed by atoms with van der Waals surface area (Å²) < 4.78 is 0. The fourth-order valence-corrected chi connectivity index (χ4v) is 4.94. The summed E-state index contributed by atoms with van der Waals surface area (Å²) >= 11 is 0. The number of nitrogens with zero attached hydrogens (tertiary/aromatic N) is 3. The topological polar surface area (TPSA) is 94.1 Å². The van der Waals surface area contributed by atoms with Gasteiger partial charge in [0.1, 0.15) is 23.5 Å². The molecule has 2 aliphatic rings. The first kappa shape index (κ1) is 21.5. The largest absolute Gasteiger partial charge is 0.508 e. The van der Waals surface area contributed by atoms with Gasteiger partial charge in [-0.25, -0.2) is 9.97 Å². The fraction of sp³-hybridized carbons (Fsp3) is 0.423. The van der Waals surface area contributed by atoms with Crippen LogP contribution in [0.5, 0.6) is 5.75 Å². The molecule has 0 unspecified atom stereocenters. The zero-order valence-electron chi connectivity index (χ0n) is 18.9. The maximum absolute atomic E-state index is 13.0. The van der Waals surface area contributed by atoms with Gasteiger partial charge in [-0.15, -0.1) is 0 Å². The molecule has 2 aromatic heterocycles. The van der Waals surface area contributed by atoms with Crippen molar-refractivity contribution in [2.24, 2.45) is 5.92 Å². The van der Waals surface area contributed by atoms with E-state index in [0.717, 1.165) is 59.4 Å². The molecule has 1 amide bonds. The van der Waals surface area contributed by atoms with E-state index in [4.69, 9.17) is 0 Å². The van der Waals surface area contributed by atoms with Crippen molar-refractivity contribution in [1.29, 1.82) is 0 Å². The molecule has 1 aliphatic carbocycles. The van der Waals surface area contributed by atoms with Gasteiger partial charge >= 0.3 is 0 Å². The third-order valence-corrected chi connectivity index (χ3v) is 6.99. The number of anilines is 1. The van der Waals surface area contributed by atoms with Gasteiger partial charge in [-0.2, -0.15) is 0 Å². The standard InChI is InChI=1S/C26H31N5O2/c1-17(12-18-4-2-5-18)26(33)31-11-3-6-21(15-31)30-25-23-20(14-27-24(23)28-16-29-25)13-19-7-9-22(32)10-8-19/h7-10,14,16,18,21,32H,1-6,11-13,15H2,(H2,27,28,29,30)/t21-/m1/s1. The first-order valence-electron chi connectivity index (χ1n) is 11.9. The van der Waals surface area contributed by atoms with Crippen LogP contribution in [-0.2, 0) is 11.2 Å². The number of fused-ring (bicyclic) bond motifs is 1. The molecule has 7 nitrogen and oxygen atoms in total. The minimum absolute atomic E-state index is 0.107. The number of H-pyrrole nitrogens is 1. The van der Waals surface area contributed by atoms with Gasteiger partial charge in [0, 0.05) is 30.9 Å².